The number of anilines is 2. The van der Waals surface area contributed by atoms with Crippen LogP contribution in [-0.4, -0.2) is 44.2 Å². The number of halogens is 1. The van der Waals surface area contributed by atoms with E-state index in [4.69, 9.17) is 23.7 Å². The summed E-state index contributed by atoms with van der Waals surface area (Å²) in [6.45, 7) is 1.61. The summed E-state index contributed by atoms with van der Waals surface area (Å²) >= 11 is 0. The van der Waals surface area contributed by atoms with E-state index in [-0.39, 0.29) is 23.7 Å². The lowest BCUT2D eigenvalue weighted by Gasteiger charge is -2.14. The molecule has 9 nitrogen and oxygen atoms in total. The van der Waals surface area contributed by atoms with Gasteiger partial charge in [0.15, 0.2) is 34.6 Å². The Hall–Kier alpha value is -4.08. The fourth-order valence-electron chi connectivity index (χ4n) is 3.17. The summed E-state index contributed by atoms with van der Waals surface area (Å²) in [5, 5.41) is 3.05. The first-order chi connectivity index (χ1) is 16.4. The first-order valence-corrected chi connectivity index (χ1v) is 10.3. The van der Waals surface area contributed by atoms with Gasteiger partial charge < -0.3 is 29.0 Å². The van der Waals surface area contributed by atoms with Crippen molar-refractivity contribution in [2.75, 3.05) is 33.8 Å². The zero-order valence-corrected chi connectivity index (χ0v) is 19.6. The van der Waals surface area contributed by atoms with Gasteiger partial charge in [-0.25, -0.2) is 14.4 Å². The summed E-state index contributed by atoms with van der Waals surface area (Å²) in [7, 11) is 5.91. The average Bonchev–Trinajstić information content (AvgIpc) is 2.87. The largest absolute Gasteiger partial charge is 0.494 e. The fraction of sp³-hybridized carbons (Fsp3) is 0.292. The van der Waals surface area contributed by atoms with Crippen molar-refractivity contribution in [1.29, 1.82) is 0 Å². The van der Waals surface area contributed by atoms with Gasteiger partial charge >= 0.3 is 0 Å². The van der Waals surface area contributed by atoms with Gasteiger partial charge in [0.25, 0.3) is 0 Å². The van der Waals surface area contributed by atoms with E-state index in [9.17, 15) is 9.18 Å². The molecule has 1 N–H and O–H groups in total. The molecular weight excluding hydrogens is 445 g/mol. The van der Waals surface area contributed by atoms with E-state index in [1.165, 1.54) is 53.0 Å². The molecule has 0 aliphatic carbocycles. The first kappa shape index (κ1) is 24.6. The molecule has 1 heterocycles. The molecule has 1 aromatic heterocycles. The topological polar surface area (TPSA) is 101 Å². The van der Waals surface area contributed by atoms with Gasteiger partial charge in [-0.15, -0.1) is 0 Å². The molecule has 0 aliphatic heterocycles. The maximum absolute atomic E-state index is 14.6. The number of nitrogens with one attached hydrogen (secondary N) is 1. The van der Waals surface area contributed by atoms with E-state index in [0.717, 1.165) is 0 Å². The molecule has 0 amide bonds. The highest BCUT2D eigenvalue weighted by Gasteiger charge is 2.16. The number of hydrogen-bond donors (Lipinski definition) is 1. The molecule has 0 fully saturated rings. The molecule has 180 valence electrons. The van der Waals surface area contributed by atoms with Crippen LogP contribution in [0, 0.1) is 5.82 Å². The predicted molar refractivity (Wildman–Crippen MR) is 123 cm³/mol. The maximum Gasteiger partial charge on any atom is 0.227 e. The number of nitrogens with zero attached hydrogens (tertiary/aromatic N) is 2. The third-order valence-corrected chi connectivity index (χ3v) is 4.92. The number of aromatic nitrogens is 2. The van der Waals surface area contributed by atoms with Crippen molar-refractivity contribution in [3.05, 3.63) is 53.6 Å². The predicted octanol–water partition coefficient (Wildman–Crippen LogP) is 4.57. The van der Waals surface area contributed by atoms with Crippen molar-refractivity contribution in [3.8, 4) is 28.7 Å². The van der Waals surface area contributed by atoms with Crippen LogP contribution >= 0.6 is 0 Å². The fourth-order valence-corrected chi connectivity index (χ4v) is 3.17. The van der Waals surface area contributed by atoms with Gasteiger partial charge in [-0.1, -0.05) is 6.92 Å². The molecule has 0 unspecified atom stereocenters. The first-order valence-electron chi connectivity index (χ1n) is 10.3. The Morgan fingerprint density at radius 1 is 0.912 bits per heavy atom. The SMILES string of the molecule is CCC(=O)c1cc(COc2cnc(Nc3cc(OC)c(OC)c(OC)c3)nc2)c(F)c(OC)c1. The summed E-state index contributed by atoms with van der Waals surface area (Å²) in [5.41, 5.74) is 1.17. The van der Waals surface area contributed by atoms with Crippen molar-refractivity contribution in [2.24, 2.45) is 0 Å². The number of ketones is 1. The van der Waals surface area contributed by atoms with Crippen LogP contribution in [0.25, 0.3) is 0 Å². The van der Waals surface area contributed by atoms with Crippen molar-refractivity contribution in [3.63, 3.8) is 0 Å². The molecule has 0 saturated heterocycles. The summed E-state index contributed by atoms with van der Waals surface area (Å²) in [6, 6.07) is 6.29. The van der Waals surface area contributed by atoms with E-state index < -0.39 is 5.82 Å². The number of hydrogen-bond acceptors (Lipinski definition) is 9. The maximum atomic E-state index is 14.6. The number of ether oxygens (including phenoxy) is 5. The molecule has 0 spiro atoms. The van der Waals surface area contributed by atoms with Crippen LogP contribution in [0.15, 0.2) is 36.7 Å². The molecule has 0 radical (unpaired) electrons. The number of methoxy groups -OCH3 is 4. The standard InChI is InChI=1S/C24H26FN3O6/c1-6-18(29)14-7-15(22(25)19(8-14)30-2)13-34-17-11-26-24(27-12-17)28-16-9-20(31-3)23(33-5)21(10-16)32-4/h7-12H,6,13H2,1-5H3,(H,26,27,28). The molecule has 10 heteroatoms. The second-order valence-electron chi connectivity index (χ2n) is 7.00. The van der Waals surface area contributed by atoms with Gasteiger partial charge in [0, 0.05) is 35.4 Å². The minimum Gasteiger partial charge on any atom is -0.494 e. The summed E-state index contributed by atoms with van der Waals surface area (Å²) in [6.07, 6.45) is 3.19. The molecule has 0 aliphatic rings. The lowest BCUT2D eigenvalue weighted by atomic mass is 10.0. The van der Waals surface area contributed by atoms with Gasteiger partial charge in [-0.2, -0.15) is 0 Å². The minimum atomic E-state index is -0.586. The highest BCUT2D eigenvalue weighted by molar-refractivity contribution is 5.96. The van der Waals surface area contributed by atoms with Crippen LogP contribution in [0.2, 0.25) is 0 Å². The molecule has 0 atom stereocenters. The zero-order valence-electron chi connectivity index (χ0n) is 19.6. The quantitative estimate of drug-likeness (QED) is 0.403. The molecule has 3 aromatic rings. The van der Waals surface area contributed by atoms with Crippen LogP contribution in [0.4, 0.5) is 16.0 Å². The second kappa shape index (κ2) is 11.2. The smallest absolute Gasteiger partial charge is 0.227 e. The monoisotopic (exact) mass is 471 g/mol. The number of benzene rings is 2. The highest BCUT2D eigenvalue weighted by atomic mass is 19.1. The lowest BCUT2D eigenvalue weighted by molar-refractivity contribution is 0.0987. The van der Waals surface area contributed by atoms with Crippen molar-refractivity contribution in [2.45, 2.75) is 20.0 Å². The Balaban J connectivity index is 1.73. The number of Topliss-reactive ketones (excluding diaryl/α,β-unsaturated/α-hetero) is 1. The minimum absolute atomic E-state index is 0.0148. The van der Waals surface area contributed by atoms with Crippen LogP contribution in [-0.2, 0) is 6.61 Å². The molecule has 2 aromatic carbocycles. The molecule has 34 heavy (non-hydrogen) atoms. The summed E-state index contributed by atoms with van der Waals surface area (Å²) < 4.78 is 41.3. The van der Waals surface area contributed by atoms with Gasteiger partial charge in [0.05, 0.1) is 40.8 Å². The molecule has 0 bridgehead atoms. The van der Waals surface area contributed by atoms with E-state index in [2.05, 4.69) is 15.3 Å². The number of carbonyl (C=O) groups excluding carboxylic acids is 1. The molecular formula is C24H26FN3O6. The Kier molecular flexibility index (Phi) is 8.07. The highest BCUT2D eigenvalue weighted by Crippen LogP contribution is 2.40. The number of rotatable bonds is 11. The normalized spacial score (nSPS) is 10.4. The molecule has 3 rings (SSSR count). The second-order valence-corrected chi connectivity index (χ2v) is 7.00. The van der Waals surface area contributed by atoms with Crippen molar-refractivity contribution in [1.82, 2.24) is 9.97 Å². The summed E-state index contributed by atoms with van der Waals surface area (Å²) in [5.74, 6) is 1.32. The van der Waals surface area contributed by atoms with E-state index in [1.54, 1.807) is 19.1 Å². The third kappa shape index (κ3) is 5.45. The van der Waals surface area contributed by atoms with Crippen LogP contribution in [0.3, 0.4) is 0 Å². The molecule has 0 saturated carbocycles. The number of carbonyl (C=O) groups is 1. The van der Waals surface area contributed by atoms with Crippen LogP contribution in [0.5, 0.6) is 28.7 Å². The lowest BCUT2D eigenvalue weighted by Crippen LogP contribution is -2.06. The van der Waals surface area contributed by atoms with Crippen LogP contribution < -0.4 is 29.0 Å². The Morgan fingerprint density at radius 3 is 2.06 bits per heavy atom. The van der Waals surface area contributed by atoms with E-state index >= 15 is 0 Å². The Bertz CT molecular complexity index is 1130. The van der Waals surface area contributed by atoms with E-state index in [0.29, 0.717) is 46.6 Å². The summed E-state index contributed by atoms with van der Waals surface area (Å²) in [4.78, 5) is 20.5. The van der Waals surface area contributed by atoms with Gasteiger partial charge in [-0.05, 0) is 12.1 Å². The van der Waals surface area contributed by atoms with Crippen molar-refractivity contribution < 1.29 is 32.9 Å². The Labute approximate surface area is 196 Å². The third-order valence-electron chi connectivity index (χ3n) is 4.92. The van der Waals surface area contributed by atoms with Gasteiger partial charge in [0.1, 0.15) is 6.61 Å². The van der Waals surface area contributed by atoms with Gasteiger partial charge in [-0.3, -0.25) is 4.79 Å². The zero-order chi connectivity index (χ0) is 24.7. The van der Waals surface area contributed by atoms with Crippen molar-refractivity contribution >= 4 is 17.4 Å². The van der Waals surface area contributed by atoms with Crippen LogP contribution in [0.1, 0.15) is 29.3 Å². The Morgan fingerprint density at radius 2 is 1.53 bits per heavy atom. The van der Waals surface area contributed by atoms with E-state index in [1.807, 2.05) is 0 Å². The average molecular weight is 471 g/mol. The van der Waals surface area contributed by atoms with Gasteiger partial charge in [0.2, 0.25) is 11.7 Å².